The number of methoxy groups -OCH3 is 1. The van der Waals surface area contributed by atoms with Crippen molar-refractivity contribution >= 4 is 46.6 Å². The predicted octanol–water partition coefficient (Wildman–Crippen LogP) is 3.25. The van der Waals surface area contributed by atoms with Gasteiger partial charge >= 0.3 is 12.1 Å². The van der Waals surface area contributed by atoms with Crippen LogP contribution in [0.25, 0.3) is 0 Å². The molecule has 29 heavy (non-hydrogen) atoms. The monoisotopic (exact) mass is 421 g/mol. The van der Waals surface area contributed by atoms with Gasteiger partial charge in [-0.05, 0) is 18.2 Å². The zero-order valence-electron chi connectivity index (χ0n) is 15.4. The maximum absolute atomic E-state index is 12.4. The third kappa shape index (κ3) is 5.42. The highest BCUT2D eigenvalue weighted by Gasteiger charge is 2.20. The van der Waals surface area contributed by atoms with Gasteiger partial charge in [0, 0.05) is 19.2 Å². The van der Waals surface area contributed by atoms with E-state index in [1.807, 2.05) is 0 Å². The molecule has 2 aromatic rings. The lowest BCUT2D eigenvalue weighted by molar-refractivity contribution is -0.384. The van der Waals surface area contributed by atoms with Crippen molar-refractivity contribution in [2.75, 3.05) is 31.0 Å². The molecule has 2 aromatic carbocycles. The molecule has 0 aliphatic heterocycles. The summed E-state index contributed by atoms with van der Waals surface area (Å²) >= 11 is 5.91. The highest BCUT2D eigenvalue weighted by Crippen LogP contribution is 2.26. The maximum atomic E-state index is 12.4. The Morgan fingerprint density at radius 1 is 1.21 bits per heavy atom. The zero-order chi connectivity index (χ0) is 21.6. The van der Waals surface area contributed by atoms with Crippen molar-refractivity contribution < 1.29 is 28.8 Å². The predicted molar refractivity (Wildman–Crippen MR) is 104 cm³/mol. The van der Waals surface area contributed by atoms with E-state index in [0.717, 1.165) is 11.0 Å². The van der Waals surface area contributed by atoms with E-state index in [4.69, 9.17) is 16.3 Å². The van der Waals surface area contributed by atoms with Gasteiger partial charge < -0.3 is 14.8 Å². The molecule has 0 spiro atoms. The van der Waals surface area contributed by atoms with Crippen LogP contribution < -0.4 is 10.2 Å². The molecule has 0 aliphatic rings. The summed E-state index contributed by atoms with van der Waals surface area (Å²) in [6, 6.07) is 9.65. The number of amides is 2. The topological polar surface area (TPSA) is 128 Å². The van der Waals surface area contributed by atoms with E-state index in [2.05, 4.69) is 10.1 Å². The second kappa shape index (κ2) is 9.51. The number of hydrogen-bond donors (Lipinski definition) is 1. The third-order valence-electron chi connectivity index (χ3n) is 3.70. The summed E-state index contributed by atoms with van der Waals surface area (Å²) in [6.45, 7) is -0.672. The molecule has 0 aliphatic carbocycles. The van der Waals surface area contributed by atoms with Crippen LogP contribution in [-0.4, -0.2) is 43.7 Å². The van der Waals surface area contributed by atoms with Gasteiger partial charge in [0.1, 0.15) is 0 Å². The van der Waals surface area contributed by atoms with Gasteiger partial charge in [0.05, 0.1) is 34.0 Å². The van der Waals surface area contributed by atoms with Crippen LogP contribution in [0.5, 0.6) is 0 Å². The van der Waals surface area contributed by atoms with Crippen LogP contribution in [0.2, 0.25) is 5.02 Å². The molecule has 10 nitrogen and oxygen atoms in total. The van der Waals surface area contributed by atoms with Gasteiger partial charge in [0.2, 0.25) is 0 Å². The summed E-state index contributed by atoms with van der Waals surface area (Å²) in [5.41, 5.74) is 0.0160. The Balaban J connectivity index is 2.07. The molecule has 0 saturated carbocycles. The first kappa shape index (κ1) is 21.6. The van der Waals surface area contributed by atoms with Gasteiger partial charge in [-0.2, -0.15) is 0 Å². The van der Waals surface area contributed by atoms with E-state index >= 15 is 0 Å². The molecule has 1 N–H and O–H groups in total. The molecule has 0 bridgehead atoms. The number of hydrogen-bond acceptors (Lipinski definition) is 7. The molecule has 0 saturated heterocycles. The number of carbonyl (C=O) groups is 3. The van der Waals surface area contributed by atoms with Gasteiger partial charge in [0.25, 0.3) is 11.6 Å². The number of esters is 1. The Labute approximate surface area is 170 Å². The first-order valence-corrected chi connectivity index (χ1v) is 8.44. The quantitative estimate of drug-likeness (QED) is 0.430. The van der Waals surface area contributed by atoms with Crippen LogP contribution in [-0.2, 0) is 14.3 Å². The molecule has 0 fully saturated rings. The lowest BCUT2D eigenvalue weighted by Crippen LogP contribution is -2.28. The highest BCUT2D eigenvalue weighted by molar-refractivity contribution is 6.33. The number of anilines is 2. The van der Waals surface area contributed by atoms with Crippen molar-refractivity contribution in [3.8, 4) is 0 Å². The SMILES string of the molecule is COC(=O)N(C)c1ccccc1C(=O)OCC(=O)Nc1cc([N+](=O)[O-])ccc1Cl. The van der Waals surface area contributed by atoms with Gasteiger partial charge in [-0.25, -0.2) is 9.59 Å². The number of rotatable bonds is 6. The molecule has 2 amide bonds. The summed E-state index contributed by atoms with van der Waals surface area (Å²) in [5, 5.41) is 13.2. The lowest BCUT2D eigenvalue weighted by Gasteiger charge is -2.18. The molecule has 0 radical (unpaired) electrons. The van der Waals surface area contributed by atoms with Gasteiger partial charge in [-0.3, -0.25) is 19.8 Å². The molecule has 2 rings (SSSR count). The Morgan fingerprint density at radius 2 is 1.90 bits per heavy atom. The van der Waals surface area contributed by atoms with Crippen molar-refractivity contribution in [3.05, 3.63) is 63.2 Å². The number of nitro groups is 1. The van der Waals surface area contributed by atoms with Gasteiger partial charge in [-0.15, -0.1) is 0 Å². The van der Waals surface area contributed by atoms with E-state index in [0.29, 0.717) is 0 Å². The summed E-state index contributed by atoms with van der Waals surface area (Å²) in [5.74, 6) is -1.60. The number of nitrogens with zero attached hydrogens (tertiary/aromatic N) is 2. The van der Waals surface area contributed by atoms with E-state index < -0.39 is 29.5 Å². The zero-order valence-corrected chi connectivity index (χ0v) is 16.1. The average Bonchev–Trinajstić information content (AvgIpc) is 2.72. The number of nitro benzene ring substituents is 1. The minimum Gasteiger partial charge on any atom is -0.452 e. The maximum Gasteiger partial charge on any atom is 0.413 e. The lowest BCUT2D eigenvalue weighted by atomic mass is 10.1. The minimum atomic E-state index is -0.850. The Hall–Kier alpha value is -3.66. The largest absolute Gasteiger partial charge is 0.452 e. The fourth-order valence-electron chi connectivity index (χ4n) is 2.29. The van der Waals surface area contributed by atoms with E-state index in [1.165, 1.54) is 38.4 Å². The van der Waals surface area contributed by atoms with E-state index in [1.54, 1.807) is 12.1 Å². The van der Waals surface area contributed by atoms with Crippen molar-refractivity contribution in [1.82, 2.24) is 0 Å². The molecule has 0 atom stereocenters. The van der Waals surface area contributed by atoms with Crippen molar-refractivity contribution in [3.63, 3.8) is 0 Å². The first-order chi connectivity index (χ1) is 13.7. The number of para-hydroxylation sites is 1. The van der Waals surface area contributed by atoms with E-state index in [9.17, 15) is 24.5 Å². The molecule has 0 unspecified atom stereocenters. The molecular weight excluding hydrogens is 406 g/mol. The average molecular weight is 422 g/mol. The number of benzene rings is 2. The van der Waals surface area contributed by atoms with Crippen molar-refractivity contribution in [2.45, 2.75) is 0 Å². The second-order valence-corrected chi connectivity index (χ2v) is 6.00. The number of non-ortho nitro benzene ring substituents is 1. The van der Waals surface area contributed by atoms with Crippen LogP contribution >= 0.6 is 11.6 Å². The van der Waals surface area contributed by atoms with Crippen LogP contribution in [0.15, 0.2) is 42.5 Å². The number of ether oxygens (including phenoxy) is 2. The third-order valence-corrected chi connectivity index (χ3v) is 4.03. The highest BCUT2D eigenvalue weighted by atomic mass is 35.5. The standard InChI is InChI=1S/C18H16ClN3O7/c1-21(18(25)28-2)15-6-4-3-5-12(15)17(24)29-10-16(23)20-14-9-11(22(26)27)7-8-13(14)19/h3-9H,10H2,1-2H3,(H,20,23). The van der Waals surface area contributed by atoms with E-state index in [-0.39, 0.29) is 27.6 Å². The number of carbonyl (C=O) groups excluding carboxylic acids is 3. The van der Waals surface area contributed by atoms with Crippen molar-refractivity contribution in [2.24, 2.45) is 0 Å². The van der Waals surface area contributed by atoms with Crippen molar-refractivity contribution in [1.29, 1.82) is 0 Å². The van der Waals surface area contributed by atoms with Crippen LogP contribution in [0, 0.1) is 10.1 Å². The first-order valence-electron chi connectivity index (χ1n) is 8.06. The Morgan fingerprint density at radius 3 is 2.55 bits per heavy atom. The fourth-order valence-corrected chi connectivity index (χ4v) is 2.46. The Bertz CT molecular complexity index is 964. The summed E-state index contributed by atoms with van der Waals surface area (Å²) in [4.78, 5) is 47.4. The molecule has 11 heteroatoms. The smallest absolute Gasteiger partial charge is 0.413 e. The van der Waals surface area contributed by atoms with Gasteiger partial charge in [-0.1, -0.05) is 23.7 Å². The number of nitrogens with one attached hydrogen (secondary N) is 1. The molecule has 0 heterocycles. The summed E-state index contributed by atoms with van der Waals surface area (Å²) < 4.78 is 9.59. The molecule has 0 aromatic heterocycles. The van der Waals surface area contributed by atoms with Crippen LogP contribution in [0.1, 0.15) is 10.4 Å². The fraction of sp³-hybridized carbons (Fsp3) is 0.167. The summed E-state index contributed by atoms with van der Waals surface area (Å²) in [7, 11) is 2.61. The minimum absolute atomic E-state index is 0.00717. The summed E-state index contributed by atoms with van der Waals surface area (Å²) in [6.07, 6.45) is -0.691. The molecular formula is C18H16ClN3O7. The normalized spacial score (nSPS) is 10.0. The van der Waals surface area contributed by atoms with Crippen LogP contribution in [0.4, 0.5) is 21.9 Å². The Kier molecular flexibility index (Phi) is 7.10. The number of halogens is 1. The van der Waals surface area contributed by atoms with Gasteiger partial charge in [0.15, 0.2) is 6.61 Å². The molecule has 152 valence electrons. The second-order valence-electron chi connectivity index (χ2n) is 5.59. The van der Waals surface area contributed by atoms with Crippen LogP contribution in [0.3, 0.4) is 0 Å².